The lowest BCUT2D eigenvalue weighted by atomic mass is 9.97. The van der Waals surface area contributed by atoms with Crippen molar-refractivity contribution in [1.29, 1.82) is 0 Å². The van der Waals surface area contributed by atoms with E-state index in [2.05, 4.69) is 51.4 Å². The number of likely N-dealkylation sites (N-methyl/N-ethyl adjacent to an activating group) is 1. The lowest BCUT2D eigenvalue weighted by Crippen LogP contribution is -2.48. The summed E-state index contributed by atoms with van der Waals surface area (Å²) in [6.45, 7) is 6.70. The fraction of sp³-hybridized carbons (Fsp3) is 0.600. The predicted molar refractivity (Wildman–Crippen MR) is 120 cm³/mol. The predicted octanol–water partition coefficient (Wildman–Crippen LogP) is 2.59. The molecule has 0 bridgehead atoms. The number of hydrogen-bond donors (Lipinski definition) is 1. The topological polar surface area (TPSA) is 57.2 Å². The van der Waals surface area contributed by atoms with Gasteiger partial charge in [0.1, 0.15) is 0 Å². The number of nitrogens with one attached hydrogen (secondary N) is 1. The summed E-state index contributed by atoms with van der Waals surface area (Å²) in [6.07, 6.45) is 1.65. The molecule has 1 aromatic carbocycles. The van der Waals surface area contributed by atoms with E-state index in [1.54, 1.807) is 0 Å². The number of hydrogen-bond acceptors (Lipinski definition) is 4. The smallest absolute Gasteiger partial charge is 0.309 e. The molecular weight excluding hydrogens is 455 g/mol. The van der Waals surface area contributed by atoms with Crippen molar-refractivity contribution >= 4 is 35.9 Å². The highest BCUT2D eigenvalue weighted by molar-refractivity contribution is 14.0. The summed E-state index contributed by atoms with van der Waals surface area (Å²) in [5.41, 5.74) is 1.32. The first kappa shape index (κ1) is 23.7. The van der Waals surface area contributed by atoms with Gasteiger partial charge in [0, 0.05) is 39.8 Å². The van der Waals surface area contributed by atoms with E-state index in [-0.39, 0.29) is 35.9 Å². The number of piperidine rings is 1. The standard InChI is InChI=1S/C20H32N4O2.HI/c1-4-26-19(25)18-10-13-24(14-11-18)20(21-2)22-12-15-23(3)16-17-8-6-5-7-9-17;/h5-9,18H,4,10-16H2,1-3H3,(H,21,22);1H. The molecule has 7 heteroatoms. The third-order valence-corrected chi connectivity index (χ3v) is 4.70. The van der Waals surface area contributed by atoms with E-state index in [1.165, 1.54) is 5.56 Å². The van der Waals surface area contributed by atoms with Crippen LogP contribution in [-0.4, -0.2) is 68.6 Å². The van der Waals surface area contributed by atoms with Gasteiger partial charge in [-0.2, -0.15) is 0 Å². The van der Waals surface area contributed by atoms with Crippen molar-refractivity contribution in [2.24, 2.45) is 10.9 Å². The molecule has 0 radical (unpaired) electrons. The first-order valence-corrected chi connectivity index (χ1v) is 9.48. The molecule has 1 aliphatic heterocycles. The molecular formula is C20H33IN4O2. The Kier molecular flexibility index (Phi) is 11.3. The van der Waals surface area contributed by atoms with Gasteiger partial charge in [0.2, 0.25) is 0 Å². The Hall–Kier alpha value is -1.35. The minimum Gasteiger partial charge on any atom is -0.466 e. The van der Waals surface area contributed by atoms with Crippen molar-refractivity contribution < 1.29 is 9.53 Å². The van der Waals surface area contributed by atoms with Crippen molar-refractivity contribution in [3.05, 3.63) is 35.9 Å². The van der Waals surface area contributed by atoms with Crippen molar-refractivity contribution in [3.63, 3.8) is 0 Å². The molecule has 6 nitrogen and oxygen atoms in total. The fourth-order valence-electron chi connectivity index (χ4n) is 3.25. The molecule has 1 aliphatic rings. The molecule has 152 valence electrons. The van der Waals surface area contributed by atoms with Crippen LogP contribution in [0.3, 0.4) is 0 Å². The van der Waals surface area contributed by atoms with Crippen molar-refractivity contribution in [2.75, 3.05) is 46.9 Å². The van der Waals surface area contributed by atoms with Crippen LogP contribution in [0.5, 0.6) is 0 Å². The number of esters is 1. The molecule has 0 aliphatic carbocycles. The summed E-state index contributed by atoms with van der Waals surface area (Å²) in [7, 11) is 3.94. The third-order valence-electron chi connectivity index (χ3n) is 4.70. The van der Waals surface area contributed by atoms with Gasteiger partial charge in [0.25, 0.3) is 0 Å². The average Bonchev–Trinajstić information content (AvgIpc) is 2.66. The van der Waals surface area contributed by atoms with Crippen LogP contribution in [0.1, 0.15) is 25.3 Å². The molecule has 1 aromatic rings. The number of aliphatic imine (C=N–C) groups is 1. The molecule has 0 unspecified atom stereocenters. The molecule has 1 saturated heterocycles. The van der Waals surface area contributed by atoms with E-state index in [4.69, 9.17) is 4.74 Å². The summed E-state index contributed by atoms with van der Waals surface area (Å²) < 4.78 is 5.13. The van der Waals surface area contributed by atoms with Gasteiger partial charge in [0.15, 0.2) is 5.96 Å². The molecule has 0 spiro atoms. The van der Waals surface area contributed by atoms with Gasteiger partial charge in [-0.15, -0.1) is 24.0 Å². The number of guanidine groups is 1. The monoisotopic (exact) mass is 488 g/mol. The van der Waals surface area contributed by atoms with Crippen LogP contribution >= 0.6 is 24.0 Å². The SMILES string of the molecule is CCOC(=O)C1CCN(C(=NC)NCCN(C)Cc2ccccc2)CC1.I. The second kappa shape index (κ2) is 12.9. The van der Waals surface area contributed by atoms with Crippen LogP contribution < -0.4 is 5.32 Å². The van der Waals surface area contributed by atoms with E-state index in [0.29, 0.717) is 6.61 Å². The van der Waals surface area contributed by atoms with Gasteiger partial charge in [-0.3, -0.25) is 9.79 Å². The molecule has 0 amide bonds. The van der Waals surface area contributed by atoms with Gasteiger partial charge in [-0.1, -0.05) is 30.3 Å². The van der Waals surface area contributed by atoms with Gasteiger partial charge in [-0.05, 0) is 32.4 Å². The Bertz CT molecular complexity index is 575. The van der Waals surface area contributed by atoms with E-state index in [0.717, 1.165) is 51.5 Å². The minimum atomic E-state index is -0.0577. The molecule has 0 atom stereocenters. The fourth-order valence-corrected chi connectivity index (χ4v) is 3.25. The second-order valence-electron chi connectivity index (χ2n) is 6.71. The van der Waals surface area contributed by atoms with Crippen LogP contribution in [-0.2, 0) is 16.1 Å². The highest BCUT2D eigenvalue weighted by atomic mass is 127. The molecule has 0 aromatic heterocycles. The van der Waals surface area contributed by atoms with E-state index < -0.39 is 0 Å². The number of rotatable bonds is 7. The maximum Gasteiger partial charge on any atom is 0.309 e. The Balaban J connectivity index is 0.00000364. The number of halogens is 1. The Labute approximate surface area is 180 Å². The number of benzene rings is 1. The number of carbonyl (C=O) groups excluding carboxylic acids is 1. The summed E-state index contributed by atoms with van der Waals surface area (Å²) in [5.74, 6) is 0.888. The maximum atomic E-state index is 11.8. The maximum absolute atomic E-state index is 11.8. The molecule has 0 saturated carbocycles. The number of ether oxygens (including phenoxy) is 1. The first-order valence-electron chi connectivity index (χ1n) is 9.48. The lowest BCUT2D eigenvalue weighted by Gasteiger charge is -2.33. The van der Waals surface area contributed by atoms with Crippen LogP contribution in [0.15, 0.2) is 35.3 Å². The quantitative estimate of drug-likeness (QED) is 0.277. The van der Waals surface area contributed by atoms with Gasteiger partial charge < -0.3 is 19.9 Å². The zero-order chi connectivity index (χ0) is 18.8. The van der Waals surface area contributed by atoms with Crippen molar-refractivity contribution in [2.45, 2.75) is 26.3 Å². The largest absolute Gasteiger partial charge is 0.466 e. The normalized spacial score (nSPS) is 15.4. The molecule has 2 rings (SSSR count). The lowest BCUT2D eigenvalue weighted by molar-refractivity contribution is -0.149. The Morgan fingerprint density at radius 2 is 1.96 bits per heavy atom. The molecule has 27 heavy (non-hydrogen) atoms. The van der Waals surface area contributed by atoms with E-state index >= 15 is 0 Å². The summed E-state index contributed by atoms with van der Waals surface area (Å²) in [6, 6.07) is 10.5. The van der Waals surface area contributed by atoms with Crippen LogP contribution in [0.2, 0.25) is 0 Å². The third kappa shape index (κ3) is 8.04. The second-order valence-corrected chi connectivity index (χ2v) is 6.71. The van der Waals surface area contributed by atoms with Crippen LogP contribution in [0, 0.1) is 5.92 Å². The van der Waals surface area contributed by atoms with Gasteiger partial charge in [-0.25, -0.2) is 0 Å². The van der Waals surface area contributed by atoms with E-state index in [9.17, 15) is 4.79 Å². The molecule has 1 heterocycles. The van der Waals surface area contributed by atoms with Crippen molar-refractivity contribution in [1.82, 2.24) is 15.1 Å². The van der Waals surface area contributed by atoms with Crippen LogP contribution in [0.4, 0.5) is 0 Å². The average molecular weight is 488 g/mol. The summed E-state index contributed by atoms with van der Waals surface area (Å²) in [4.78, 5) is 20.8. The number of likely N-dealkylation sites (tertiary alicyclic amines) is 1. The zero-order valence-electron chi connectivity index (χ0n) is 16.7. The number of carbonyl (C=O) groups is 1. The molecule has 1 N–H and O–H groups in total. The van der Waals surface area contributed by atoms with Gasteiger partial charge >= 0.3 is 5.97 Å². The number of nitrogens with zero attached hydrogens (tertiary/aromatic N) is 3. The van der Waals surface area contributed by atoms with E-state index in [1.807, 2.05) is 20.0 Å². The Morgan fingerprint density at radius 3 is 2.56 bits per heavy atom. The minimum absolute atomic E-state index is 0. The first-order chi connectivity index (χ1) is 12.6. The summed E-state index contributed by atoms with van der Waals surface area (Å²) in [5, 5.41) is 3.44. The highest BCUT2D eigenvalue weighted by Gasteiger charge is 2.27. The highest BCUT2D eigenvalue weighted by Crippen LogP contribution is 2.18. The Morgan fingerprint density at radius 1 is 1.30 bits per heavy atom. The zero-order valence-corrected chi connectivity index (χ0v) is 19.0. The molecule has 1 fully saturated rings. The van der Waals surface area contributed by atoms with Gasteiger partial charge in [0.05, 0.1) is 12.5 Å². The van der Waals surface area contributed by atoms with Crippen molar-refractivity contribution in [3.8, 4) is 0 Å². The van der Waals surface area contributed by atoms with Crippen LogP contribution in [0.25, 0.3) is 0 Å². The summed E-state index contributed by atoms with van der Waals surface area (Å²) >= 11 is 0.